The topological polar surface area (TPSA) is 62.4 Å². The van der Waals surface area contributed by atoms with E-state index in [9.17, 15) is 4.79 Å². The van der Waals surface area contributed by atoms with E-state index in [4.69, 9.17) is 4.84 Å². The molecular formula is C16H29N3O2. The van der Waals surface area contributed by atoms with Gasteiger partial charge in [-0.15, -0.1) is 0 Å². The van der Waals surface area contributed by atoms with Crippen LogP contribution in [-0.4, -0.2) is 24.8 Å². The lowest BCUT2D eigenvalue weighted by molar-refractivity contribution is -0.126. The molecule has 5 nitrogen and oxygen atoms in total. The van der Waals surface area contributed by atoms with Crippen LogP contribution in [0.2, 0.25) is 0 Å². The fourth-order valence-corrected chi connectivity index (χ4v) is 4.58. The lowest BCUT2D eigenvalue weighted by Crippen LogP contribution is -2.44. The fraction of sp³-hybridized carbons (Fsp3) is 0.938. The van der Waals surface area contributed by atoms with E-state index in [0.29, 0.717) is 18.0 Å². The highest BCUT2D eigenvalue weighted by Crippen LogP contribution is 2.48. The van der Waals surface area contributed by atoms with Gasteiger partial charge in [0.2, 0.25) is 5.91 Å². The number of amides is 1. The Hall–Kier alpha value is -0.650. The molecule has 2 saturated carbocycles. The Morgan fingerprint density at radius 3 is 2.71 bits per heavy atom. The van der Waals surface area contributed by atoms with Crippen molar-refractivity contribution in [3.8, 4) is 0 Å². The summed E-state index contributed by atoms with van der Waals surface area (Å²) in [6, 6.07) is 0. The first-order valence-corrected chi connectivity index (χ1v) is 8.67. The van der Waals surface area contributed by atoms with Crippen molar-refractivity contribution in [3.05, 3.63) is 0 Å². The monoisotopic (exact) mass is 295 g/mol. The molecule has 1 aliphatic heterocycles. The predicted octanol–water partition coefficient (Wildman–Crippen LogP) is 1.75. The van der Waals surface area contributed by atoms with Crippen molar-refractivity contribution in [3.63, 3.8) is 0 Å². The zero-order valence-electron chi connectivity index (χ0n) is 13.2. The van der Waals surface area contributed by atoms with Crippen molar-refractivity contribution in [1.82, 2.24) is 16.1 Å². The van der Waals surface area contributed by atoms with Crippen LogP contribution in [0.5, 0.6) is 0 Å². The summed E-state index contributed by atoms with van der Waals surface area (Å²) in [5.74, 6) is 2.52. The Balaban J connectivity index is 1.55. The summed E-state index contributed by atoms with van der Waals surface area (Å²) in [7, 11) is 0. The molecule has 3 N–H and O–H groups in total. The highest BCUT2D eigenvalue weighted by Gasteiger charge is 2.45. The molecule has 21 heavy (non-hydrogen) atoms. The lowest BCUT2D eigenvalue weighted by Gasteiger charge is -2.36. The van der Waals surface area contributed by atoms with Gasteiger partial charge in [0, 0.05) is 12.5 Å². The lowest BCUT2D eigenvalue weighted by atomic mass is 9.72. The molecule has 1 saturated heterocycles. The number of hydrogen-bond donors (Lipinski definition) is 3. The second-order valence-corrected chi connectivity index (χ2v) is 6.85. The van der Waals surface area contributed by atoms with E-state index in [1.54, 1.807) is 0 Å². The molecule has 0 bridgehead atoms. The van der Waals surface area contributed by atoms with Crippen LogP contribution in [0.25, 0.3) is 0 Å². The summed E-state index contributed by atoms with van der Waals surface area (Å²) < 4.78 is 0. The van der Waals surface area contributed by atoms with Gasteiger partial charge >= 0.3 is 0 Å². The molecular weight excluding hydrogens is 266 g/mol. The smallest absolute Gasteiger partial charge is 0.223 e. The minimum Gasteiger partial charge on any atom is -0.356 e. The number of fused-ring (bicyclic) bond motifs is 1. The van der Waals surface area contributed by atoms with Crippen molar-refractivity contribution in [2.45, 2.75) is 64.8 Å². The highest BCUT2D eigenvalue weighted by atomic mass is 16.7. The van der Waals surface area contributed by atoms with Gasteiger partial charge in [0.25, 0.3) is 0 Å². The molecule has 0 aromatic carbocycles. The minimum atomic E-state index is 0.152. The van der Waals surface area contributed by atoms with Gasteiger partial charge in [-0.3, -0.25) is 14.9 Å². The second kappa shape index (κ2) is 6.63. The van der Waals surface area contributed by atoms with Gasteiger partial charge in [-0.1, -0.05) is 6.92 Å². The van der Waals surface area contributed by atoms with Crippen LogP contribution in [0.15, 0.2) is 0 Å². The first kappa shape index (κ1) is 15.3. The molecule has 0 radical (unpaired) electrons. The Morgan fingerprint density at radius 1 is 1.19 bits per heavy atom. The quantitative estimate of drug-likeness (QED) is 0.739. The Morgan fingerprint density at radius 2 is 2.00 bits per heavy atom. The van der Waals surface area contributed by atoms with Crippen LogP contribution in [0, 0.1) is 23.7 Å². The third-order valence-electron chi connectivity index (χ3n) is 5.68. The number of carbonyl (C=O) groups excluding carboxylic acids is 1. The van der Waals surface area contributed by atoms with Gasteiger partial charge in [0.1, 0.15) is 6.23 Å². The van der Waals surface area contributed by atoms with Gasteiger partial charge in [-0.25, -0.2) is 0 Å². The molecule has 0 spiro atoms. The van der Waals surface area contributed by atoms with Crippen molar-refractivity contribution < 1.29 is 9.63 Å². The maximum absolute atomic E-state index is 12.2. The Kier molecular flexibility index (Phi) is 4.82. The van der Waals surface area contributed by atoms with E-state index in [2.05, 4.69) is 23.0 Å². The molecule has 5 heteroatoms. The van der Waals surface area contributed by atoms with Gasteiger partial charge < -0.3 is 5.32 Å². The number of hydrogen-bond acceptors (Lipinski definition) is 4. The molecule has 120 valence electrons. The molecule has 0 aromatic heterocycles. The average Bonchev–Trinajstić information content (AvgIpc) is 3.13. The summed E-state index contributed by atoms with van der Waals surface area (Å²) in [5, 5.41) is 6.55. The maximum atomic E-state index is 12.2. The zero-order chi connectivity index (χ0) is 14.8. The van der Waals surface area contributed by atoms with Crippen molar-refractivity contribution in [1.29, 1.82) is 0 Å². The molecule has 2 aliphatic carbocycles. The van der Waals surface area contributed by atoms with E-state index in [1.165, 1.54) is 25.7 Å². The average molecular weight is 295 g/mol. The van der Waals surface area contributed by atoms with Crippen LogP contribution in [0.4, 0.5) is 0 Å². The van der Waals surface area contributed by atoms with Crippen LogP contribution < -0.4 is 16.1 Å². The molecule has 1 amide bonds. The van der Waals surface area contributed by atoms with Gasteiger partial charge in [0.05, 0.1) is 6.17 Å². The van der Waals surface area contributed by atoms with E-state index < -0.39 is 0 Å². The molecule has 1 heterocycles. The van der Waals surface area contributed by atoms with Crippen LogP contribution in [0.1, 0.15) is 52.4 Å². The van der Waals surface area contributed by atoms with Crippen molar-refractivity contribution in [2.24, 2.45) is 23.7 Å². The molecule has 6 unspecified atom stereocenters. The molecule has 3 aliphatic rings. The first-order valence-electron chi connectivity index (χ1n) is 8.67. The van der Waals surface area contributed by atoms with E-state index >= 15 is 0 Å². The summed E-state index contributed by atoms with van der Waals surface area (Å²) in [6.07, 6.45) is 7.34. The maximum Gasteiger partial charge on any atom is 0.223 e. The summed E-state index contributed by atoms with van der Waals surface area (Å²) in [5.41, 5.74) is 3.17. The van der Waals surface area contributed by atoms with Crippen LogP contribution in [-0.2, 0) is 9.63 Å². The third kappa shape index (κ3) is 3.10. The minimum absolute atomic E-state index is 0.152. The summed E-state index contributed by atoms with van der Waals surface area (Å²) >= 11 is 0. The van der Waals surface area contributed by atoms with Crippen molar-refractivity contribution in [2.75, 3.05) is 6.54 Å². The largest absolute Gasteiger partial charge is 0.356 e. The van der Waals surface area contributed by atoms with Gasteiger partial charge in [-0.2, -0.15) is 5.48 Å². The fourth-order valence-electron chi connectivity index (χ4n) is 4.58. The number of nitrogens with one attached hydrogen (secondary N) is 3. The molecule has 3 rings (SSSR count). The van der Waals surface area contributed by atoms with E-state index in [0.717, 1.165) is 25.3 Å². The van der Waals surface area contributed by atoms with Crippen LogP contribution >= 0.6 is 0 Å². The number of hydroxylamine groups is 1. The number of rotatable bonds is 4. The normalized spacial score (nSPS) is 42.8. The second-order valence-electron chi connectivity index (χ2n) is 6.85. The number of carbonyl (C=O) groups is 1. The third-order valence-corrected chi connectivity index (χ3v) is 5.68. The standard InChI is InChI=1S/C16H29N3O2/c1-3-14-18-15(19-21-14)11-6-7-12-10(9-11)5-8-13(12)16(20)17-4-2/h10-15,18-19H,3-9H2,1-2H3,(H,17,20). The van der Waals surface area contributed by atoms with Crippen molar-refractivity contribution >= 4 is 5.91 Å². The van der Waals surface area contributed by atoms with Gasteiger partial charge in [0.15, 0.2) is 0 Å². The summed E-state index contributed by atoms with van der Waals surface area (Å²) in [6.45, 7) is 4.89. The molecule has 0 aromatic rings. The van der Waals surface area contributed by atoms with Gasteiger partial charge in [-0.05, 0) is 63.2 Å². The highest BCUT2D eigenvalue weighted by molar-refractivity contribution is 5.79. The molecule has 6 atom stereocenters. The first-order chi connectivity index (χ1) is 10.2. The zero-order valence-corrected chi connectivity index (χ0v) is 13.2. The summed E-state index contributed by atoms with van der Waals surface area (Å²) in [4.78, 5) is 17.7. The Bertz CT molecular complexity index is 377. The Labute approximate surface area is 127 Å². The van der Waals surface area contributed by atoms with E-state index in [-0.39, 0.29) is 18.1 Å². The SMILES string of the molecule is CCNC(=O)C1CCC2CC(C3NOC(CC)N3)CCC21. The van der Waals surface area contributed by atoms with E-state index in [1.807, 2.05) is 6.92 Å². The predicted molar refractivity (Wildman–Crippen MR) is 81.0 cm³/mol. The molecule has 3 fully saturated rings. The van der Waals surface area contributed by atoms with Crippen LogP contribution in [0.3, 0.4) is 0 Å².